The number of nitrogens with one attached hydrogen (secondary N) is 1. The van der Waals surface area contributed by atoms with Crippen LogP contribution in [0.25, 0.3) is 0 Å². The molecule has 0 aromatic carbocycles. The van der Waals surface area contributed by atoms with E-state index in [1.807, 2.05) is 0 Å². The fourth-order valence-electron chi connectivity index (χ4n) is 9.85. The van der Waals surface area contributed by atoms with Gasteiger partial charge in [-0.1, -0.05) is 310 Å². The molecular weight excluding hydrogens is 815 g/mol. The van der Waals surface area contributed by atoms with Crippen LogP contribution in [0.2, 0.25) is 0 Å². The molecule has 0 aliphatic carbocycles. The van der Waals surface area contributed by atoms with Crippen LogP contribution in [0.5, 0.6) is 0 Å². The third kappa shape index (κ3) is 49.3. The zero-order chi connectivity index (χ0) is 48.1. The minimum absolute atomic E-state index is 0.0888. The Morgan fingerprint density at radius 1 is 0.379 bits per heavy atom. The van der Waals surface area contributed by atoms with Gasteiger partial charge in [0, 0.05) is 6.42 Å². The van der Waals surface area contributed by atoms with Gasteiger partial charge >= 0.3 is 5.97 Å². The quantitative estimate of drug-likeness (QED) is 0.0417. The number of rotatable bonds is 56. The van der Waals surface area contributed by atoms with Crippen molar-refractivity contribution in [1.82, 2.24) is 5.32 Å². The van der Waals surface area contributed by atoms with Crippen molar-refractivity contribution >= 4 is 11.9 Å². The van der Waals surface area contributed by atoms with E-state index >= 15 is 0 Å². The SMILES string of the molecule is CCCCCCCCCCCCCCCCCCCCCC(=O)OC(CCCCCCCCCCCCCCCCCC)CC(=O)NC(CO)C(O)CCCCCCCCCCCCCC. The zero-order valence-electron chi connectivity index (χ0n) is 45.1. The zero-order valence-corrected chi connectivity index (χ0v) is 45.1. The second-order valence-corrected chi connectivity index (χ2v) is 21.1. The number of aliphatic hydroxyl groups excluding tert-OH is 2. The normalized spacial score (nSPS) is 13.0. The second-order valence-electron chi connectivity index (χ2n) is 21.1. The molecule has 0 saturated heterocycles. The Balaban J connectivity index is 4.46. The summed E-state index contributed by atoms with van der Waals surface area (Å²) in [4.78, 5) is 26.3. The number of carbonyl (C=O) groups excluding carboxylic acids is 2. The van der Waals surface area contributed by atoms with Crippen LogP contribution < -0.4 is 5.32 Å². The van der Waals surface area contributed by atoms with Gasteiger partial charge in [0.2, 0.25) is 5.91 Å². The first kappa shape index (κ1) is 64.9. The van der Waals surface area contributed by atoms with Crippen molar-refractivity contribution in [2.45, 2.75) is 366 Å². The number of ether oxygens (including phenoxy) is 1. The van der Waals surface area contributed by atoms with Crippen LogP contribution in [0.3, 0.4) is 0 Å². The van der Waals surface area contributed by atoms with Crippen LogP contribution in [0, 0.1) is 0 Å². The summed E-state index contributed by atoms with van der Waals surface area (Å²) in [6.07, 6.45) is 61.8. The van der Waals surface area contributed by atoms with Crippen LogP contribution in [-0.2, 0) is 14.3 Å². The number of unbranched alkanes of at least 4 members (excludes halogenated alkanes) is 44. The monoisotopic (exact) mass is 934 g/mol. The lowest BCUT2D eigenvalue weighted by Crippen LogP contribution is -2.46. The number of hydrogen-bond acceptors (Lipinski definition) is 5. The maximum absolute atomic E-state index is 13.3. The first-order chi connectivity index (χ1) is 32.5. The van der Waals surface area contributed by atoms with Gasteiger partial charge in [0.25, 0.3) is 0 Å². The van der Waals surface area contributed by atoms with Gasteiger partial charge in [-0.3, -0.25) is 9.59 Å². The van der Waals surface area contributed by atoms with E-state index in [-0.39, 0.29) is 24.9 Å². The summed E-state index contributed by atoms with van der Waals surface area (Å²) in [7, 11) is 0. The molecular formula is C60H119NO5. The number of esters is 1. The molecule has 3 N–H and O–H groups in total. The number of amides is 1. The van der Waals surface area contributed by atoms with E-state index in [9.17, 15) is 19.8 Å². The lowest BCUT2D eigenvalue weighted by molar-refractivity contribution is -0.151. The summed E-state index contributed by atoms with van der Waals surface area (Å²) in [5, 5.41) is 23.9. The molecule has 0 aliphatic rings. The van der Waals surface area contributed by atoms with Crippen LogP contribution in [0.15, 0.2) is 0 Å². The largest absolute Gasteiger partial charge is 0.462 e. The molecule has 0 aliphatic heterocycles. The summed E-state index contributed by atoms with van der Waals surface area (Å²) < 4.78 is 5.98. The summed E-state index contributed by atoms with van der Waals surface area (Å²) >= 11 is 0. The van der Waals surface area contributed by atoms with Crippen LogP contribution in [0.4, 0.5) is 0 Å². The fraction of sp³-hybridized carbons (Fsp3) is 0.967. The highest BCUT2D eigenvalue weighted by atomic mass is 16.5. The fourth-order valence-corrected chi connectivity index (χ4v) is 9.85. The van der Waals surface area contributed by atoms with Gasteiger partial charge in [0.05, 0.1) is 25.2 Å². The van der Waals surface area contributed by atoms with Crippen molar-refractivity contribution in [2.75, 3.05) is 6.61 Å². The molecule has 0 radical (unpaired) electrons. The Kier molecular flexibility index (Phi) is 53.8. The third-order valence-electron chi connectivity index (χ3n) is 14.4. The standard InChI is InChI=1S/C60H119NO5/c1-4-7-10-13-16-19-22-25-27-29-30-31-33-35-38-41-44-47-50-53-60(65)66-56(51-48-45-42-39-36-34-32-28-26-23-20-17-14-11-8-5-2)54-59(64)61-57(55-62)58(63)52-49-46-43-40-37-24-21-18-15-12-9-6-3/h56-58,62-63H,4-55H2,1-3H3,(H,61,64). The molecule has 0 aromatic heterocycles. The van der Waals surface area contributed by atoms with E-state index in [1.54, 1.807) is 0 Å². The van der Waals surface area contributed by atoms with Crippen molar-refractivity contribution in [1.29, 1.82) is 0 Å². The van der Waals surface area contributed by atoms with E-state index < -0.39 is 18.2 Å². The van der Waals surface area contributed by atoms with Gasteiger partial charge in [-0.15, -0.1) is 0 Å². The van der Waals surface area contributed by atoms with E-state index in [0.29, 0.717) is 19.3 Å². The Labute approximate surface area is 413 Å². The molecule has 0 aromatic rings. The Morgan fingerprint density at radius 3 is 0.924 bits per heavy atom. The topological polar surface area (TPSA) is 95.9 Å². The van der Waals surface area contributed by atoms with E-state index in [2.05, 4.69) is 26.1 Å². The average Bonchev–Trinajstić information content (AvgIpc) is 3.31. The van der Waals surface area contributed by atoms with Crippen LogP contribution >= 0.6 is 0 Å². The first-order valence-electron chi connectivity index (χ1n) is 30.3. The molecule has 6 heteroatoms. The maximum Gasteiger partial charge on any atom is 0.306 e. The van der Waals surface area contributed by atoms with E-state index in [0.717, 1.165) is 38.5 Å². The predicted molar refractivity (Wildman–Crippen MR) is 287 cm³/mol. The second kappa shape index (κ2) is 54.8. The number of carbonyl (C=O) groups is 2. The highest BCUT2D eigenvalue weighted by Crippen LogP contribution is 2.20. The van der Waals surface area contributed by atoms with Gasteiger partial charge in [-0.25, -0.2) is 0 Å². The Bertz CT molecular complexity index is 959. The summed E-state index contributed by atoms with van der Waals surface area (Å²) in [6, 6.07) is -0.693. The van der Waals surface area contributed by atoms with Crippen LogP contribution in [-0.4, -0.2) is 46.9 Å². The highest BCUT2D eigenvalue weighted by Gasteiger charge is 2.24. The van der Waals surface area contributed by atoms with Crippen molar-refractivity contribution in [3.05, 3.63) is 0 Å². The summed E-state index contributed by atoms with van der Waals surface area (Å²) in [5.74, 6) is -0.442. The Hall–Kier alpha value is -1.14. The summed E-state index contributed by atoms with van der Waals surface area (Å²) in [6.45, 7) is 6.54. The molecule has 3 atom stereocenters. The van der Waals surface area contributed by atoms with Gasteiger partial charge < -0.3 is 20.3 Å². The number of hydrogen-bond donors (Lipinski definition) is 3. The molecule has 0 spiro atoms. The molecule has 66 heavy (non-hydrogen) atoms. The lowest BCUT2D eigenvalue weighted by atomic mass is 10.0. The Morgan fingerprint density at radius 2 is 0.636 bits per heavy atom. The van der Waals surface area contributed by atoms with E-state index in [1.165, 1.54) is 263 Å². The third-order valence-corrected chi connectivity index (χ3v) is 14.4. The average molecular weight is 935 g/mol. The molecule has 0 bridgehead atoms. The highest BCUT2D eigenvalue weighted by molar-refractivity contribution is 5.77. The minimum atomic E-state index is -0.780. The molecule has 1 amide bonds. The van der Waals surface area contributed by atoms with Crippen molar-refractivity contribution in [2.24, 2.45) is 0 Å². The van der Waals surface area contributed by atoms with Gasteiger partial charge in [-0.05, 0) is 25.7 Å². The van der Waals surface area contributed by atoms with Gasteiger partial charge in [0.15, 0.2) is 0 Å². The van der Waals surface area contributed by atoms with Gasteiger partial charge in [0.1, 0.15) is 6.10 Å². The van der Waals surface area contributed by atoms with Crippen molar-refractivity contribution in [3.63, 3.8) is 0 Å². The van der Waals surface area contributed by atoms with E-state index in [4.69, 9.17) is 4.74 Å². The van der Waals surface area contributed by atoms with Crippen LogP contribution in [0.1, 0.15) is 348 Å². The van der Waals surface area contributed by atoms with Gasteiger partial charge in [-0.2, -0.15) is 0 Å². The predicted octanol–water partition coefficient (Wildman–Crippen LogP) is 18.7. The number of aliphatic hydroxyl groups is 2. The molecule has 0 saturated carbocycles. The molecule has 6 nitrogen and oxygen atoms in total. The minimum Gasteiger partial charge on any atom is -0.462 e. The van der Waals surface area contributed by atoms with Crippen molar-refractivity contribution in [3.8, 4) is 0 Å². The lowest BCUT2D eigenvalue weighted by Gasteiger charge is -2.24. The smallest absolute Gasteiger partial charge is 0.306 e. The molecule has 0 heterocycles. The molecule has 394 valence electrons. The first-order valence-corrected chi connectivity index (χ1v) is 30.3. The molecule has 3 unspecified atom stereocenters. The summed E-state index contributed by atoms with van der Waals surface area (Å²) in [5.41, 5.74) is 0. The molecule has 0 fully saturated rings. The maximum atomic E-state index is 13.3. The molecule has 0 rings (SSSR count). The van der Waals surface area contributed by atoms with Crippen molar-refractivity contribution < 1.29 is 24.5 Å².